The van der Waals surface area contributed by atoms with Gasteiger partial charge in [0.2, 0.25) is 0 Å². The van der Waals surface area contributed by atoms with Crippen LogP contribution in [0.2, 0.25) is 0 Å². The topological polar surface area (TPSA) is 29.3 Å². The van der Waals surface area contributed by atoms with Crippen molar-refractivity contribution < 1.29 is 4.52 Å². The highest BCUT2D eigenvalue weighted by Gasteiger charge is 2.39. The second kappa shape index (κ2) is 5.03. The Morgan fingerprint density at radius 2 is 2.05 bits per heavy atom. The monoisotopic (exact) mass is 274 g/mol. The van der Waals surface area contributed by atoms with Gasteiger partial charge in [0.25, 0.3) is 0 Å². The predicted octanol–water partition coefficient (Wildman–Crippen LogP) is 3.90. The van der Waals surface area contributed by atoms with Crippen molar-refractivity contribution in [3.05, 3.63) is 23.1 Å². The lowest BCUT2D eigenvalue weighted by atomic mass is 9.73. The van der Waals surface area contributed by atoms with Gasteiger partial charge in [-0.2, -0.15) is 0 Å². The first kappa shape index (κ1) is 13.9. The Balaban J connectivity index is 1.90. The molecule has 110 valence electrons. The number of aryl methyl sites for hydroxylation is 1. The van der Waals surface area contributed by atoms with Gasteiger partial charge in [-0.05, 0) is 62.3 Å². The molecular formula is C17H26N2O. The Hall–Kier alpha value is -1.09. The molecule has 0 aromatic carbocycles. The van der Waals surface area contributed by atoms with Crippen molar-refractivity contribution in [1.82, 2.24) is 10.1 Å². The van der Waals surface area contributed by atoms with Gasteiger partial charge in [0.15, 0.2) is 5.76 Å². The van der Waals surface area contributed by atoms with Crippen LogP contribution in [0.3, 0.4) is 0 Å². The summed E-state index contributed by atoms with van der Waals surface area (Å²) in [5.74, 6) is 1.67. The highest BCUT2D eigenvalue weighted by atomic mass is 16.5. The molecule has 3 fully saturated rings. The van der Waals surface area contributed by atoms with Crippen molar-refractivity contribution in [3.63, 3.8) is 0 Å². The molecule has 3 saturated heterocycles. The normalized spacial score (nSPS) is 32.0. The summed E-state index contributed by atoms with van der Waals surface area (Å²) in [6.45, 7) is 11.5. The van der Waals surface area contributed by atoms with Gasteiger partial charge in [0, 0.05) is 12.1 Å². The zero-order valence-electron chi connectivity index (χ0n) is 13.1. The number of hydrogen-bond acceptors (Lipinski definition) is 3. The van der Waals surface area contributed by atoms with Crippen LogP contribution in [0.25, 0.3) is 6.08 Å². The number of fused-ring (bicyclic) bond motifs is 3. The van der Waals surface area contributed by atoms with Crippen LogP contribution in [-0.4, -0.2) is 29.2 Å². The third-order valence-corrected chi connectivity index (χ3v) is 4.59. The first-order valence-electron chi connectivity index (χ1n) is 7.81. The summed E-state index contributed by atoms with van der Waals surface area (Å²) in [6.07, 6.45) is 6.11. The van der Waals surface area contributed by atoms with Gasteiger partial charge in [0.05, 0.1) is 5.69 Å². The van der Waals surface area contributed by atoms with Crippen molar-refractivity contribution in [1.29, 1.82) is 0 Å². The Labute approximate surface area is 122 Å². The highest BCUT2D eigenvalue weighted by Crippen LogP contribution is 2.42. The number of hydrogen-bond donors (Lipinski definition) is 0. The zero-order valence-corrected chi connectivity index (χ0v) is 13.1. The first-order chi connectivity index (χ1) is 9.42. The minimum absolute atomic E-state index is 0.360. The molecule has 0 saturated carbocycles. The second-order valence-electron chi connectivity index (χ2n) is 7.61. The Kier molecular flexibility index (Phi) is 3.49. The van der Waals surface area contributed by atoms with Crippen LogP contribution in [-0.2, 0) is 0 Å². The van der Waals surface area contributed by atoms with Gasteiger partial charge < -0.3 is 4.52 Å². The Morgan fingerprint density at radius 1 is 1.35 bits per heavy atom. The summed E-state index contributed by atoms with van der Waals surface area (Å²) in [5.41, 5.74) is 2.90. The molecule has 3 aliphatic rings. The summed E-state index contributed by atoms with van der Waals surface area (Å²) < 4.78 is 5.41. The lowest BCUT2D eigenvalue weighted by Gasteiger charge is -2.49. The molecule has 0 amide bonds. The largest absolute Gasteiger partial charge is 0.357 e. The molecule has 0 N–H and O–H groups in total. The smallest absolute Gasteiger partial charge is 0.159 e. The molecule has 2 bridgehead atoms. The molecule has 0 unspecified atom stereocenters. The maximum absolute atomic E-state index is 5.41. The van der Waals surface area contributed by atoms with E-state index in [1.165, 1.54) is 32.4 Å². The Bertz CT molecular complexity index is 501. The molecule has 3 aliphatic heterocycles. The fourth-order valence-corrected chi connectivity index (χ4v) is 3.68. The summed E-state index contributed by atoms with van der Waals surface area (Å²) in [4.78, 5) is 2.67. The van der Waals surface area contributed by atoms with E-state index in [1.807, 2.05) is 13.0 Å². The summed E-state index contributed by atoms with van der Waals surface area (Å²) >= 11 is 0. The van der Waals surface area contributed by atoms with E-state index in [2.05, 4.69) is 36.9 Å². The third kappa shape index (κ3) is 2.83. The molecule has 1 atom stereocenters. The Morgan fingerprint density at radius 3 is 2.60 bits per heavy atom. The van der Waals surface area contributed by atoms with Crippen molar-refractivity contribution in [2.45, 2.75) is 53.0 Å². The highest BCUT2D eigenvalue weighted by molar-refractivity contribution is 5.51. The van der Waals surface area contributed by atoms with Crippen molar-refractivity contribution in [2.24, 2.45) is 11.3 Å². The lowest BCUT2D eigenvalue weighted by molar-refractivity contribution is 0.0793. The number of aromatic nitrogens is 1. The molecule has 0 spiro atoms. The average molecular weight is 274 g/mol. The molecule has 3 nitrogen and oxygen atoms in total. The standard InChI is InChI=1S/C17H26N2O/c1-12-9-14(20-18-12)10-15-13-5-7-19(8-6-13)16(15)11-17(2,3)4/h9-10,13,16H,5-8,11H2,1-4H3/b15-10+/t16-/m0/s1. The van der Waals surface area contributed by atoms with Gasteiger partial charge in [0.1, 0.15) is 0 Å². The molecule has 20 heavy (non-hydrogen) atoms. The molecule has 1 aromatic rings. The predicted molar refractivity (Wildman–Crippen MR) is 81.4 cm³/mol. The van der Waals surface area contributed by atoms with Crippen molar-refractivity contribution in [3.8, 4) is 0 Å². The number of piperidine rings is 3. The second-order valence-corrected chi connectivity index (χ2v) is 7.61. The van der Waals surface area contributed by atoms with Crippen molar-refractivity contribution >= 4 is 6.08 Å². The molecule has 4 rings (SSSR count). The van der Waals surface area contributed by atoms with Crippen LogP contribution in [0, 0.1) is 18.3 Å². The fourth-order valence-electron chi connectivity index (χ4n) is 3.68. The van der Waals surface area contributed by atoms with E-state index in [0.29, 0.717) is 11.5 Å². The van der Waals surface area contributed by atoms with Crippen LogP contribution >= 0.6 is 0 Å². The average Bonchev–Trinajstić information content (AvgIpc) is 2.77. The molecule has 4 heterocycles. The van der Waals surface area contributed by atoms with Gasteiger partial charge in [-0.1, -0.05) is 25.9 Å². The molecule has 0 aliphatic carbocycles. The number of rotatable bonds is 2. The van der Waals surface area contributed by atoms with Gasteiger partial charge in [-0.15, -0.1) is 0 Å². The summed E-state index contributed by atoms with van der Waals surface area (Å²) in [7, 11) is 0. The SMILES string of the molecule is Cc1cc(/C=C2\C3CCN(CC3)[C@H]2CC(C)(C)C)on1. The van der Waals surface area contributed by atoms with Gasteiger partial charge in [-0.25, -0.2) is 0 Å². The minimum Gasteiger partial charge on any atom is -0.357 e. The fraction of sp³-hybridized carbons (Fsp3) is 0.706. The lowest BCUT2D eigenvalue weighted by Crippen LogP contribution is -2.51. The van der Waals surface area contributed by atoms with Gasteiger partial charge >= 0.3 is 0 Å². The van der Waals surface area contributed by atoms with Crippen molar-refractivity contribution in [2.75, 3.05) is 13.1 Å². The van der Waals surface area contributed by atoms with E-state index < -0.39 is 0 Å². The molecule has 3 heteroatoms. The zero-order chi connectivity index (χ0) is 14.3. The first-order valence-corrected chi connectivity index (χ1v) is 7.81. The van der Waals surface area contributed by atoms with E-state index in [-0.39, 0.29) is 0 Å². The summed E-state index contributed by atoms with van der Waals surface area (Å²) in [5, 5.41) is 4.01. The van der Waals surface area contributed by atoms with E-state index >= 15 is 0 Å². The number of nitrogens with zero attached hydrogens (tertiary/aromatic N) is 2. The molecule has 0 radical (unpaired) electrons. The van der Waals surface area contributed by atoms with Gasteiger partial charge in [-0.3, -0.25) is 4.90 Å². The maximum Gasteiger partial charge on any atom is 0.159 e. The van der Waals surface area contributed by atoms with E-state index in [0.717, 1.165) is 17.4 Å². The summed E-state index contributed by atoms with van der Waals surface area (Å²) in [6, 6.07) is 2.63. The quantitative estimate of drug-likeness (QED) is 0.819. The van der Waals surface area contributed by atoms with Crippen LogP contribution in [0.1, 0.15) is 51.5 Å². The van der Waals surface area contributed by atoms with Crippen LogP contribution < -0.4 is 0 Å². The van der Waals surface area contributed by atoms with E-state index in [1.54, 1.807) is 5.57 Å². The maximum atomic E-state index is 5.41. The molecular weight excluding hydrogens is 248 g/mol. The van der Waals surface area contributed by atoms with E-state index in [9.17, 15) is 0 Å². The minimum atomic E-state index is 0.360. The van der Waals surface area contributed by atoms with E-state index in [4.69, 9.17) is 4.52 Å². The van der Waals surface area contributed by atoms with Crippen LogP contribution in [0.4, 0.5) is 0 Å². The third-order valence-electron chi connectivity index (χ3n) is 4.59. The molecule has 1 aromatic heterocycles. The van der Waals surface area contributed by atoms with Crippen LogP contribution in [0.5, 0.6) is 0 Å². The van der Waals surface area contributed by atoms with Crippen LogP contribution in [0.15, 0.2) is 16.2 Å².